The summed E-state index contributed by atoms with van der Waals surface area (Å²) in [4.78, 5) is 39.5. The number of rotatable bonds is 4. The Kier molecular flexibility index (Phi) is 4.50. The van der Waals surface area contributed by atoms with Crippen molar-refractivity contribution in [1.29, 1.82) is 0 Å². The van der Waals surface area contributed by atoms with Crippen LogP contribution >= 0.6 is 0 Å². The molecule has 0 saturated carbocycles. The van der Waals surface area contributed by atoms with E-state index in [1.54, 1.807) is 40.1 Å². The van der Waals surface area contributed by atoms with E-state index >= 15 is 0 Å². The summed E-state index contributed by atoms with van der Waals surface area (Å²) in [6.07, 6.45) is 1.43. The van der Waals surface area contributed by atoms with Crippen LogP contribution in [0.4, 0.5) is 21.9 Å². The highest BCUT2D eigenvalue weighted by atomic mass is 16.2. The molecule has 0 bridgehead atoms. The molecule has 0 aromatic heterocycles. The van der Waals surface area contributed by atoms with Gasteiger partial charge in [-0.2, -0.15) is 0 Å². The number of anilines is 3. The lowest BCUT2D eigenvalue weighted by molar-refractivity contribution is -0.117. The Morgan fingerprint density at radius 1 is 0.963 bits per heavy atom. The zero-order valence-electron chi connectivity index (χ0n) is 14.8. The van der Waals surface area contributed by atoms with Crippen LogP contribution in [-0.2, 0) is 4.79 Å². The van der Waals surface area contributed by atoms with Crippen molar-refractivity contribution < 1.29 is 14.4 Å². The number of urea groups is 1. The molecule has 0 spiro atoms. The maximum atomic E-state index is 12.5. The molecule has 2 saturated heterocycles. The van der Waals surface area contributed by atoms with E-state index in [9.17, 15) is 14.4 Å². The molecule has 2 aliphatic heterocycles. The molecule has 2 aromatic carbocycles. The molecule has 2 fully saturated rings. The van der Waals surface area contributed by atoms with Gasteiger partial charge in [-0.3, -0.25) is 14.5 Å². The van der Waals surface area contributed by atoms with Gasteiger partial charge in [0.05, 0.1) is 0 Å². The van der Waals surface area contributed by atoms with Crippen molar-refractivity contribution in [3.63, 3.8) is 0 Å². The summed E-state index contributed by atoms with van der Waals surface area (Å²) < 4.78 is 0. The van der Waals surface area contributed by atoms with E-state index in [1.807, 2.05) is 18.2 Å². The highest BCUT2D eigenvalue weighted by Gasteiger charge is 2.22. The van der Waals surface area contributed by atoms with E-state index in [4.69, 9.17) is 0 Å². The Labute approximate surface area is 157 Å². The summed E-state index contributed by atoms with van der Waals surface area (Å²) in [5, 5.41) is 5.61. The highest BCUT2D eigenvalue weighted by Crippen LogP contribution is 2.25. The van der Waals surface area contributed by atoms with Gasteiger partial charge in [-0.25, -0.2) is 4.79 Å². The quantitative estimate of drug-likeness (QED) is 0.875. The van der Waals surface area contributed by atoms with Crippen LogP contribution in [0.1, 0.15) is 23.2 Å². The van der Waals surface area contributed by atoms with Gasteiger partial charge in [0.1, 0.15) is 0 Å². The molecule has 4 rings (SSSR count). The summed E-state index contributed by atoms with van der Waals surface area (Å²) in [6, 6.07) is 14.1. The van der Waals surface area contributed by atoms with Gasteiger partial charge < -0.3 is 15.5 Å². The zero-order valence-corrected chi connectivity index (χ0v) is 14.8. The van der Waals surface area contributed by atoms with Crippen LogP contribution in [0.15, 0.2) is 48.5 Å². The van der Waals surface area contributed by atoms with E-state index in [0.29, 0.717) is 37.3 Å². The monoisotopic (exact) mass is 364 g/mol. The maximum Gasteiger partial charge on any atom is 0.321 e. The Hall–Kier alpha value is -3.35. The van der Waals surface area contributed by atoms with E-state index in [1.165, 1.54) is 0 Å². The minimum absolute atomic E-state index is 0.111. The second kappa shape index (κ2) is 7.11. The van der Waals surface area contributed by atoms with Gasteiger partial charge in [0.15, 0.2) is 0 Å². The van der Waals surface area contributed by atoms with Gasteiger partial charge >= 0.3 is 6.03 Å². The Balaban J connectivity index is 1.46. The van der Waals surface area contributed by atoms with Crippen molar-refractivity contribution >= 4 is 34.9 Å². The molecule has 4 amide bonds. The first-order chi connectivity index (χ1) is 13.1. The molecule has 2 heterocycles. The van der Waals surface area contributed by atoms with Crippen molar-refractivity contribution in [1.82, 2.24) is 5.32 Å². The van der Waals surface area contributed by atoms with Crippen LogP contribution in [0.2, 0.25) is 0 Å². The number of carbonyl (C=O) groups is 3. The van der Waals surface area contributed by atoms with Gasteiger partial charge in [-0.15, -0.1) is 0 Å². The fourth-order valence-electron chi connectivity index (χ4n) is 3.39. The average molecular weight is 364 g/mol. The van der Waals surface area contributed by atoms with Crippen molar-refractivity contribution in [2.24, 2.45) is 0 Å². The molecule has 2 aromatic rings. The Morgan fingerprint density at radius 2 is 1.78 bits per heavy atom. The zero-order chi connectivity index (χ0) is 18.8. The summed E-state index contributed by atoms with van der Waals surface area (Å²) in [7, 11) is 0. The molecular formula is C20H20N4O3. The third-order valence-electron chi connectivity index (χ3n) is 4.79. The van der Waals surface area contributed by atoms with Gasteiger partial charge in [0.25, 0.3) is 5.91 Å². The van der Waals surface area contributed by atoms with Crippen LogP contribution in [0.3, 0.4) is 0 Å². The van der Waals surface area contributed by atoms with E-state index in [0.717, 1.165) is 17.8 Å². The molecule has 0 radical (unpaired) electrons. The van der Waals surface area contributed by atoms with Crippen molar-refractivity contribution in [2.75, 3.05) is 34.8 Å². The number of carbonyl (C=O) groups excluding carboxylic acids is 3. The number of benzene rings is 2. The molecule has 2 aliphatic rings. The maximum absolute atomic E-state index is 12.5. The van der Waals surface area contributed by atoms with Crippen LogP contribution in [0.5, 0.6) is 0 Å². The first-order valence-corrected chi connectivity index (χ1v) is 8.99. The lowest BCUT2D eigenvalue weighted by atomic mass is 10.1. The molecule has 0 atom stereocenters. The second-order valence-electron chi connectivity index (χ2n) is 6.58. The Morgan fingerprint density at radius 3 is 2.44 bits per heavy atom. The summed E-state index contributed by atoms with van der Waals surface area (Å²) in [5.41, 5.74) is 2.70. The molecule has 7 nitrogen and oxygen atoms in total. The minimum Gasteiger partial charge on any atom is -0.336 e. The smallest absolute Gasteiger partial charge is 0.321 e. The lowest BCUT2D eigenvalue weighted by Crippen LogP contribution is -2.27. The predicted molar refractivity (Wildman–Crippen MR) is 103 cm³/mol. The molecular weight excluding hydrogens is 344 g/mol. The normalized spacial score (nSPS) is 16.6. The largest absolute Gasteiger partial charge is 0.336 e. The molecule has 0 unspecified atom stereocenters. The van der Waals surface area contributed by atoms with E-state index in [2.05, 4.69) is 10.6 Å². The van der Waals surface area contributed by atoms with Gasteiger partial charge in [-0.1, -0.05) is 6.07 Å². The van der Waals surface area contributed by atoms with Crippen molar-refractivity contribution in [3.05, 3.63) is 54.1 Å². The molecule has 2 N–H and O–H groups in total. The molecule has 138 valence electrons. The van der Waals surface area contributed by atoms with Crippen LogP contribution in [-0.4, -0.2) is 37.5 Å². The van der Waals surface area contributed by atoms with Crippen LogP contribution < -0.4 is 20.4 Å². The molecule has 7 heteroatoms. The topological polar surface area (TPSA) is 81.8 Å². The number of nitrogens with one attached hydrogen (secondary N) is 2. The van der Waals surface area contributed by atoms with Gasteiger partial charge in [0, 0.05) is 48.7 Å². The standard InChI is InChI=1S/C20H20N4O3/c25-18-5-2-11-23(18)17-4-1-3-15(13-17)22-19(26)14-6-8-16(9-7-14)24-12-10-21-20(24)27/h1,3-4,6-9,13H,2,5,10-12H2,(H,21,27)(H,22,26). The van der Waals surface area contributed by atoms with Crippen LogP contribution in [0, 0.1) is 0 Å². The third kappa shape index (κ3) is 3.48. The summed E-state index contributed by atoms with van der Waals surface area (Å²) in [5.74, 6) is -0.127. The van der Waals surface area contributed by atoms with Gasteiger partial charge in [-0.05, 0) is 48.9 Å². The number of hydrogen-bond donors (Lipinski definition) is 2. The number of nitrogens with zero attached hydrogens (tertiary/aromatic N) is 2. The SMILES string of the molecule is O=C(Nc1cccc(N2CCCC2=O)c1)c1ccc(N2CCNC2=O)cc1. The molecule has 27 heavy (non-hydrogen) atoms. The van der Waals surface area contributed by atoms with Gasteiger partial charge in [0.2, 0.25) is 5.91 Å². The number of amides is 4. The average Bonchev–Trinajstić information content (AvgIpc) is 3.30. The van der Waals surface area contributed by atoms with E-state index in [-0.39, 0.29) is 17.8 Å². The lowest BCUT2D eigenvalue weighted by Gasteiger charge is -2.17. The summed E-state index contributed by atoms with van der Waals surface area (Å²) in [6.45, 7) is 1.95. The van der Waals surface area contributed by atoms with Crippen molar-refractivity contribution in [3.8, 4) is 0 Å². The summed E-state index contributed by atoms with van der Waals surface area (Å²) >= 11 is 0. The second-order valence-corrected chi connectivity index (χ2v) is 6.58. The molecule has 0 aliphatic carbocycles. The number of hydrogen-bond acceptors (Lipinski definition) is 3. The highest BCUT2D eigenvalue weighted by molar-refractivity contribution is 6.05. The van der Waals surface area contributed by atoms with Crippen molar-refractivity contribution in [2.45, 2.75) is 12.8 Å². The van der Waals surface area contributed by atoms with E-state index < -0.39 is 0 Å². The third-order valence-corrected chi connectivity index (χ3v) is 4.79. The minimum atomic E-state index is -0.239. The predicted octanol–water partition coefficient (Wildman–Crippen LogP) is 2.60. The van der Waals surface area contributed by atoms with Crippen LogP contribution in [0.25, 0.3) is 0 Å². The first kappa shape index (κ1) is 17.1. The first-order valence-electron chi connectivity index (χ1n) is 8.99. The fourth-order valence-corrected chi connectivity index (χ4v) is 3.39. The fraction of sp³-hybridized carbons (Fsp3) is 0.250. The Bertz CT molecular complexity index is 894.